The van der Waals surface area contributed by atoms with Crippen LogP contribution in [0.4, 0.5) is 4.79 Å². The Morgan fingerprint density at radius 1 is 1.32 bits per heavy atom. The van der Waals surface area contributed by atoms with Gasteiger partial charge in [-0.25, -0.2) is 4.79 Å². The molecule has 5 nitrogen and oxygen atoms in total. The van der Waals surface area contributed by atoms with E-state index in [0.29, 0.717) is 12.5 Å². The van der Waals surface area contributed by atoms with Crippen LogP contribution in [0.25, 0.3) is 0 Å². The average molecular weight is 288 g/mol. The molecule has 110 valence electrons. The van der Waals surface area contributed by atoms with Crippen LogP contribution in [0.2, 0.25) is 0 Å². The number of amides is 2. The summed E-state index contributed by atoms with van der Waals surface area (Å²) in [5.41, 5.74) is 0. The van der Waals surface area contributed by atoms with Gasteiger partial charge >= 0.3 is 12.0 Å². The quantitative estimate of drug-likeness (QED) is 0.698. The van der Waals surface area contributed by atoms with E-state index in [2.05, 4.69) is 10.6 Å². The average Bonchev–Trinajstić information content (AvgIpc) is 2.36. The minimum atomic E-state index is -0.886. The monoisotopic (exact) mass is 288 g/mol. The zero-order chi connectivity index (χ0) is 14.3. The molecule has 1 aliphatic rings. The maximum absolute atomic E-state index is 11.8. The number of hydrogen-bond acceptors (Lipinski definition) is 3. The van der Waals surface area contributed by atoms with Crippen molar-refractivity contribution in [1.82, 2.24) is 10.6 Å². The molecule has 3 N–H and O–H groups in total. The number of carbonyl (C=O) groups is 2. The van der Waals surface area contributed by atoms with Gasteiger partial charge in [0.2, 0.25) is 0 Å². The van der Waals surface area contributed by atoms with E-state index in [9.17, 15) is 9.59 Å². The first-order valence-corrected chi connectivity index (χ1v) is 7.98. The fraction of sp³-hybridized carbons (Fsp3) is 0.846. The van der Waals surface area contributed by atoms with Crippen LogP contribution in [0.5, 0.6) is 0 Å². The maximum Gasteiger partial charge on any atom is 0.315 e. The van der Waals surface area contributed by atoms with Crippen LogP contribution in [-0.2, 0) is 4.79 Å². The molecule has 1 unspecified atom stereocenters. The van der Waals surface area contributed by atoms with Crippen molar-refractivity contribution in [3.8, 4) is 0 Å². The number of carbonyl (C=O) groups excluding carboxylic acids is 1. The second kappa shape index (κ2) is 8.30. The minimum Gasteiger partial charge on any atom is -0.481 e. The Morgan fingerprint density at radius 2 is 1.95 bits per heavy atom. The van der Waals surface area contributed by atoms with Crippen molar-refractivity contribution in [2.75, 3.05) is 18.1 Å². The van der Waals surface area contributed by atoms with Crippen LogP contribution in [0.3, 0.4) is 0 Å². The van der Waals surface area contributed by atoms with Gasteiger partial charge in [0.25, 0.3) is 0 Å². The molecule has 0 aromatic carbocycles. The molecule has 0 saturated carbocycles. The van der Waals surface area contributed by atoms with E-state index in [1.54, 1.807) is 0 Å². The fourth-order valence-corrected chi connectivity index (χ4v) is 3.25. The number of thioether (sulfide) groups is 1. The number of rotatable bonds is 6. The lowest BCUT2D eigenvalue weighted by atomic mass is 10.0. The number of nitrogens with one attached hydrogen (secondary N) is 2. The Labute approximate surface area is 118 Å². The molecule has 19 heavy (non-hydrogen) atoms. The van der Waals surface area contributed by atoms with E-state index >= 15 is 0 Å². The summed E-state index contributed by atoms with van der Waals surface area (Å²) < 4.78 is 0. The van der Waals surface area contributed by atoms with Crippen LogP contribution < -0.4 is 10.6 Å². The van der Waals surface area contributed by atoms with Crippen LogP contribution in [-0.4, -0.2) is 41.2 Å². The molecule has 0 aliphatic carbocycles. The van der Waals surface area contributed by atoms with E-state index in [-0.39, 0.29) is 24.4 Å². The first-order chi connectivity index (χ1) is 8.99. The maximum atomic E-state index is 11.8. The molecule has 0 bridgehead atoms. The minimum absolute atomic E-state index is 0.0366. The Hall–Kier alpha value is -0.910. The summed E-state index contributed by atoms with van der Waals surface area (Å²) >= 11 is 1.96. The van der Waals surface area contributed by atoms with Gasteiger partial charge in [-0.05, 0) is 36.2 Å². The molecule has 1 aliphatic heterocycles. The van der Waals surface area contributed by atoms with Gasteiger partial charge in [0, 0.05) is 12.6 Å². The number of aliphatic carboxylic acids is 1. The van der Waals surface area contributed by atoms with Gasteiger partial charge in [0.05, 0.1) is 6.42 Å². The summed E-state index contributed by atoms with van der Waals surface area (Å²) in [6.45, 7) is 4.50. The first kappa shape index (κ1) is 16.1. The zero-order valence-electron chi connectivity index (χ0n) is 11.6. The number of carboxylic acid groups (broad SMARTS) is 1. The molecule has 1 rings (SSSR count). The molecular formula is C13H24N2O3S. The number of urea groups is 1. The van der Waals surface area contributed by atoms with Gasteiger partial charge < -0.3 is 15.7 Å². The molecule has 6 heteroatoms. The Morgan fingerprint density at radius 3 is 2.47 bits per heavy atom. The van der Waals surface area contributed by atoms with E-state index in [1.807, 2.05) is 25.6 Å². The van der Waals surface area contributed by atoms with E-state index in [4.69, 9.17) is 5.11 Å². The van der Waals surface area contributed by atoms with Gasteiger partial charge in [-0.15, -0.1) is 0 Å². The Bertz CT molecular complexity index is 304. The molecule has 1 atom stereocenters. The summed E-state index contributed by atoms with van der Waals surface area (Å²) in [5, 5.41) is 14.4. The molecular weight excluding hydrogens is 264 g/mol. The molecule has 1 saturated heterocycles. The van der Waals surface area contributed by atoms with Gasteiger partial charge in [-0.3, -0.25) is 4.79 Å². The highest BCUT2D eigenvalue weighted by molar-refractivity contribution is 7.99. The van der Waals surface area contributed by atoms with Gasteiger partial charge in [-0.2, -0.15) is 11.8 Å². The molecule has 1 fully saturated rings. The van der Waals surface area contributed by atoms with Crippen molar-refractivity contribution in [2.45, 2.75) is 39.2 Å². The molecule has 0 aromatic heterocycles. The standard InChI is InChI=1S/C13H24N2O3S/c1-9(2)11(7-12(16)17)15-13(18)14-8-10-3-5-19-6-4-10/h9-11H,3-8H2,1-2H3,(H,16,17)(H2,14,15,18). The summed E-state index contributed by atoms with van der Waals surface area (Å²) in [5.74, 6) is 2.11. The second-order valence-electron chi connectivity index (χ2n) is 5.36. The summed E-state index contributed by atoms with van der Waals surface area (Å²) in [7, 11) is 0. The third-order valence-electron chi connectivity index (χ3n) is 3.41. The molecule has 1 heterocycles. The molecule has 0 aromatic rings. The third-order valence-corrected chi connectivity index (χ3v) is 4.46. The van der Waals surface area contributed by atoms with Gasteiger partial charge in [0.15, 0.2) is 0 Å². The van der Waals surface area contributed by atoms with Crippen molar-refractivity contribution < 1.29 is 14.7 Å². The van der Waals surface area contributed by atoms with Crippen LogP contribution in [0.15, 0.2) is 0 Å². The van der Waals surface area contributed by atoms with Crippen molar-refractivity contribution in [3.05, 3.63) is 0 Å². The Kier molecular flexibility index (Phi) is 7.05. The first-order valence-electron chi connectivity index (χ1n) is 6.83. The van der Waals surface area contributed by atoms with Crippen molar-refractivity contribution in [3.63, 3.8) is 0 Å². The second-order valence-corrected chi connectivity index (χ2v) is 6.58. The number of carboxylic acids is 1. The van der Waals surface area contributed by atoms with Crippen molar-refractivity contribution in [1.29, 1.82) is 0 Å². The Balaban J connectivity index is 2.29. The highest BCUT2D eigenvalue weighted by atomic mass is 32.2. The lowest BCUT2D eigenvalue weighted by Gasteiger charge is -2.24. The smallest absolute Gasteiger partial charge is 0.315 e. The fourth-order valence-electron chi connectivity index (χ4n) is 2.05. The van der Waals surface area contributed by atoms with Gasteiger partial charge in [0.1, 0.15) is 0 Å². The van der Waals surface area contributed by atoms with Crippen molar-refractivity contribution >= 4 is 23.8 Å². The summed E-state index contributed by atoms with van der Waals surface area (Å²) in [6.07, 6.45) is 2.26. The predicted molar refractivity (Wildman–Crippen MR) is 77.5 cm³/mol. The highest BCUT2D eigenvalue weighted by Gasteiger charge is 2.20. The normalized spacial score (nSPS) is 18.1. The van der Waals surface area contributed by atoms with Gasteiger partial charge in [-0.1, -0.05) is 13.8 Å². The highest BCUT2D eigenvalue weighted by Crippen LogP contribution is 2.21. The summed E-state index contributed by atoms with van der Waals surface area (Å²) in [6, 6.07) is -0.572. The van der Waals surface area contributed by atoms with E-state index in [1.165, 1.54) is 11.5 Å². The van der Waals surface area contributed by atoms with Crippen LogP contribution >= 0.6 is 11.8 Å². The molecule has 2 amide bonds. The van der Waals surface area contributed by atoms with Crippen molar-refractivity contribution in [2.24, 2.45) is 11.8 Å². The molecule has 0 spiro atoms. The third kappa shape index (κ3) is 6.71. The topological polar surface area (TPSA) is 78.4 Å². The van der Waals surface area contributed by atoms with E-state index in [0.717, 1.165) is 12.8 Å². The molecule has 0 radical (unpaired) electrons. The van der Waals surface area contributed by atoms with E-state index < -0.39 is 5.97 Å². The number of hydrogen-bond donors (Lipinski definition) is 3. The largest absolute Gasteiger partial charge is 0.481 e. The summed E-state index contributed by atoms with van der Waals surface area (Å²) in [4.78, 5) is 22.5. The lowest BCUT2D eigenvalue weighted by Crippen LogP contribution is -2.46. The predicted octanol–water partition coefficient (Wildman–Crippen LogP) is 1.93. The van der Waals surface area contributed by atoms with Crippen LogP contribution in [0.1, 0.15) is 33.1 Å². The van der Waals surface area contributed by atoms with Crippen LogP contribution in [0, 0.1) is 11.8 Å². The zero-order valence-corrected chi connectivity index (χ0v) is 12.5. The SMILES string of the molecule is CC(C)C(CC(=O)O)NC(=O)NCC1CCSCC1. The lowest BCUT2D eigenvalue weighted by molar-refractivity contribution is -0.137.